The number of rotatable bonds is 12. The van der Waals surface area contributed by atoms with Crippen molar-refractivity contribution in [2.75, 3.05) is 0 Å². The quantitative estimate of drug-likeness (QED) is 0.108. The van der Waals surface area contributed by atoms with Gasteiger partial charge in [0.1, 0.15) is 0 Å². The van der Waals surface area contributed by atoms with Gasteiger partial charge in [0.2, 0.25) is 0 Å². The summed E-state index contributed by atoms with van der Waals surface area (Å²) in [5.74, 6) is 8.16. The summed E-state index contributed by atoms with van der Waals surface area (Å²) in [5.41, 5.74) is 15.2. The van der Waals surface area contributed by atoms with E-state index in [-0.39, 0.29) is 5.41 Å². The average molecular weight is 629 g/mol. The van der Waals surface area contributed by atoms with Crippen molar-refractivity contribution in [1.82, 2.24) is 0 Å². The van der Waals surface area contributed by atoms with Crippen molar-refractivity contribution in [3.8, 4) is 11.8 Å². The molecular formula is C48H52. The Morgan fingerprint density at radius 3 is 1.85 bits per heavy atom. The van der Waals surface area contributed by atoms with Crippen LogP contribution in [0.4, 0.5) is 0 Å². The molecule has 0 aliphatic heterocycles. The van der Waals surface area contributed by atoms with Gasteiger partial charge in [-0.15, -0.1) is 0 Å². The predicted octanol–water partition coefficient (Wildman–Crippen LogP) is 12.7. The molecule has 2 fully saturated rings. The SMILES string of the molecule is CCCCCc1ccc(C#CC2=C(C(=C3CCC3)c3ccc(CCCCC)cc3)C(c3ccccc3)(C3CCC3)c3ccccc32)cc1. The minimum Gasteiger partial charge on any atom is -0.0654 e. The second kappa shape index (κ2) is 15.0. The molecule has 4 aromatic rings. The minimum absolute atomic E-state index is 0.207. The summed E-state index contributed by atoms with van der Waals surface area (Å²) in [4.78, 5) is 0. The van der Waals surface area contributed by atoms with E-state index in [1.165, 1.54) is 127 Å². The van der Waals surface area contributed by atoms with Gasteiger partial charge in [0.05, 0.1) is 5.41 Å². The van der Waals surface area contributed by atoms with E-state index >= 15 is 0 Å². The molecule has 0 radical (unpaired) electrons. The molecule has 4 aromatic carbocycles. The van der Waals surface area contributed by atoms with E-state index in [9.17, 15) is 0 Å². The zero-order valence-electron chi connectivity index (χ0n) is 29.3. The molecule has 0 heterocycles. The molecule has 0 saturated heterocycles. The zero-order valence-corrected chi connectivity index (χ0v) is 29.3. The summed E-state index contributed by atoms with van der Waals surface area (Å²) in [6.45, 7) is 4.56. The molecule has 1 atom stereocenters. The van der Waals surface area contributed by atoms with Gasteiger partial charge < -0.3 is 0 Å². The Kier molecular flexibility index (Phi) is 10.1. The van der Waals surface area contributed by atoms with Crippen LogP contribution in [0.5, 0.6) is 0 Å². The standard InChI is InChI=1S/C48H52/c1-3-5-8-16-36-26-28-38(29-27-36)32-35-44-43-24-12-13-25-45(43)48(42-22-15-23-42,41-20-10-7-11-21-41)47(44)46(39-18-14-19-39)40-33-30-37(31-34-40)17-9-6-4-2/h7,10-13,20-21,24-31,33-34,42H,3-6,8-9,14-19,22-23H2,1-2H3. The number of allylic oxidation sites excluding steroid dienone is 4. The van der Waals surface area contributed by atoms with Crippen molar-refractivity contribution < 1.29 is 0 Å². The molecule has 0 aromatic heterocycles. The van der Waals surface area contributed by atoms with Crippen LogP contribution in [0.2, 0.25) is 0 Å². The third-order valence-corrected chi connectivity index (χ3v) is 11.4. The van der Waals surface area contributed by atoms with E-state index in [4.69, 9.17) is 0 Å². The van der Waals surface area contributed by atoms with E-state index in [0.717, 1.165) is 18.4 Å². The van der Waals surface area contributed by atoms with E-state index in [1.54, 1.807) is 5.57 Å². The molecule has 244 valence electrons. The van der Waals surface area contributed by atoms with Gasteiger partial charge in [-0.1, -0.05) is 154 Å². The fourth-order valence-corrected chi connectivity index (χ4v) is 8.48. The summed E-state index contributed by atoms with van der Waals surface area (Å²) in [6, 6.07) is 39.6. The van der Waals surface area contributed by atoms with Gasteiger partial charge in [-0.05, 0) is 120 Å². The van der Waals surface area contributed by atoms with Crippen molar-refractivity contribution in [2.45, 2.75) is 109 Å². The lowest BCUT2D eigenvalue weighted by atomic mass is 9.55. The van der Waals surface area contributed by atoms with Gasteiger partial charge >= 0.3 is 0 Å². The number of hydrogen-bond donors (Lipinski definition) is 0. The summed E-state index contributed by atoms with van der Waals surface area (Å²) >= 11 is 0. The van der Waals surface area contributed by atoms with E-state index < -0.39 is 0 Å². The molecule has 2 saturated carbocycles. The predicted molar refractivity (Wildman–Crippen MR) is 205 cm³/mol. The highest BCUT2D eigenvalue weighted by atomic mass is 14.6. The number of hydrogen-bond acceptors (Lipinski definition) is 0. The first-order chi connectivity index (χ1) is 23.7. The number of fused-ring (bicyclic) bond motifs is 1. The molecule has 0 bridgehead atoms. The van der Waals surface area contributed by atoms with Crippen LogP contribution in [0.3, 0.4) is 0 Å². The Balaban J connectivity index is 1.43. The highest BCUT2D eigenvalue weighted by molar-refractivity contribution is 6.04. The molecule has 0 N–H and O–H groups in total. The molecule has 0 nitrogen and oxygen atoms in total. The van der Waals surface area contributed by atoms with Crippen molar-refractivity contribution in [2.24, 2.45) is 5.92 Å². The van der Waals surface area contributed by atoms with Gasteiger partial charge in [0, 0.05) is 11.1 Å². The Morgan fingerprint density at radius 1 is 0.646 bits per heavy atom. The van der Waals surface area contributed by atoms with Crippen LogP contribution in [0, 0.1) is 17.8 Å². The molecule has 0 heteroatoms. The van der Waals surface area contributed by atoms with Gasteiger partial charge in [-0.2, -0.15) is 0 Å². The van der Waals surface area contributed by atoms with Crippen LogP contribution in [0.1, 0.15) is 130 Å². The van der Waals surface area contributed by atoms with Crippen LogP contribution >= 0.6 is 0 Å². The first-order valence-corrected chi connectivity index (χ1v) is 19.1. The third kappa shape index (κ3) is 6.26. The fourth-order valence-electron chi connectivity index (χ4n) is 8.48. The lowest BCUT2D eigenvalue weighted by Crippen LogP contribution is -2.41. The van der Waals surface area contributed by atoms with Crippen molar-refractivity contribution in [1.29, 1.82) is 0 Å². The van der Waals surface area contributed by atoms with Gasteiger partial charge in [-0.25, -0.2) is 0 Å². The number of benzene rings is 4. The summed E-state index contributed by atoms with van der Waals surface area (Å²) in [7, 11) is 0. The van der Waals surface area contributed by atoms with Crippen LogP contribution in [-0.2, 0) is 18.3 Å². The highest BCUT2D eigenvalue weighted by Gasteiger charge is 2.54. The first kappa shape index (κ1) is 32.5. The third-order valence-electron chi connectivity index (χ3n) is 11.4. The lowest BCUT2D eigenvalue weighted by Gasteiger charge is -2.47. The van der Waals surface area contributed by atoms with Gasteiger partial charge in [0.15, 0.2) is 0 Å². The first-order valence-electron chi connectivity index (χ1n) is 19.1. The smallest absolute Gasteiger partial charge is 0.0504 e. The molecule has 0 amide bonds. The molecule has 7 rings (SSSR count). The highest BCUT2D eigenvalue weighted by Crippen LogP contribution is 2.63. The average Bonchev–Trinajstić information content (AvgIpc) is 3.36. The molecule has 0 spiro atoms. The molecule has 1 unspecified atom stereocenters. The largest absolute Gasteiger partial charge is 0.0654 e. The minimum atomic E-state index is -0.207. The molecule has 3 aliphatic carbocycles. The van der Waals surface area contributed by atoms with Crippen molar-refractivity contribution in [3.05, 3.63) is 153 Å². The summed E-state index contributed by atoms with van der Waals surface area (Å²) in [6.07, 6.45) is 17.4. The van der Waals surface area contributed by atoms with Gasteiger partial charge in [0.25, 0.3) is 0 Å². The Morgan fingerprint density at radius 2 is 1.27 bits per heavy atom. The monoisotopic (exact) mass is 628 g/mol. The lowest BCUT2D eigenvalue weighted by molar-refractivity contribution is 0.230. The Hall–Kier alpha value is -4.08. The van der Waals surface area contributed by atoms with Crippen LogP contribution in [-0.4, -0.2) is 0 Å². The Labute approximate surface area is 290 Å². The number of aryl methyl sites for hydroxylation is 2. The molecular weight excluding hydrogens is 577 g/mol. The summed E-state index contributed by atoms with van der Waals surface area (Å²) < 4.78 is 0. The second-order valence-corrected chi connectivity index (χ2v) is 14.5. The van der Waals surface area contributed by atoms with Gasteiger partial charge in [-0.3, -0.25) is 0 Å². The molecule has 48 heavy (non-hydrogen) atoms. The molecule has 3 aliphatic rings. The maximum Gasteiger partial charge on any atom is 0.0504 e. The zero-order chi connectivity index (χ0) is 32.8. The van der Waals surface area contributed by atoms with Crippen molar-refractivity contribution >= 4 is 11.1 Å². The summed E-state index contributed by atoms with van der Waals surface area (Å²) in [5, 5.41) is 0. The fraction of sp³-hybridized carbons (Fsp3) is 0.375. The van der Waals surface area contributed by atoms with Crippen molar-refractivity contribution in [3.63, 3.8) is 0 Å². The maximum atomic E-state index is 3.90. The van der Waals surface area contributed by atoms with E-state index in [1.807, 2.05) is 0 Å². The normalized spacial score (nSPS) is 18.5. The van der Waals surface area contributed by atoms with Crippen LogP contribution < -0.4 is 0 Å². The van der Waals surface area contributed by atoms with E-state index in [2.05, 4.69) is 129 Å². The second-order valence-electron chi connectivity index (χ2n) is 14.5. The Bertz CT molecular complexity index is 1810. The van der Waals surface area contributed by atoms with E-state index in [0.29, 0.717) is 5.92 Å². The maximum absolute atomic E-state index is 3.90. The van der Waals surface area contributed by atoms with Crippen LogP contribution in [0.25, 0.3) is 11.1 Å². The topological polar surface area (TPSA) is 0 Å². The van der Waals surface area contributed by atoms with Crippen LogP contribution in [0.15, 0.2) is 114 Å². The number of unbranched alkanes of at least 4 members (excludes halogenated alkanes) is 4.